The summed E-state index contributed by atoms with van der Waals surface area (Å²) in [5.74, 6) is -0.945. The van der Waals surface area contributed by atoms with Crippen LogP contribution in [0.2, 0.25) is 0 Å². The molecule has 0 aliphatic carbocycles. The summed E-state index contributed by atoms with van der Waals surface area (Å²) in [6.07, 6.45) is 95.8. The minimum absolute atomic E-state index is 0.0990. The summed E-state index contributed by atoms with van der Waals surface area (Å²) in [4.78, 5) is 38.3. The molecule has 1 atom stereocenters. The van der Waals surface area contributed by atoms with E-state index in [0.717, 1.165) is 154 Å². The average Bonchev–Trinajstić information content (AvgIpc) is 3.46. The Morgan fingerprint density at radius 1 is 0.263 bits per heavy atom. The largest absolute Gasteiger partial charge is 0.462 e. The average molecular weight is 1110 g/mol. The van der Waals surface area contributed by atoms with Crippen LogP contribution >= 0.6 is 0 Å². The van der Waals surface area contributed by atoms with E-state index in [0.29, 0.717) is 19.3 Å². The zero-order valence-electron chi connectivity index (χ0n) is 51.8. The van der Waals surface area contributed by atoms with Gasteiger partial charge < -0.3 is 14.2 Å². The summed E-state index contributed by atoms with van der Waals surface area (Å²) in [6, 6.07) is 0. The van der Waals surface area contributed by atoms with Crippen molar-refractivity contribution in [1.82, 2.24) is 0 Å². The van der Waals surface area contributed by atoms with Crippen molar-refractivity contribution in [2.75, 3.05) is 13.2 Å². The van der Waals surface area contributed by atoms with Crippen molar-refractivity contribution < 1.29 is 28.6 Å². The van der Waals surface area contributed by atoms with Crippen LogP contribution in [0.3, 0.4) is 0 Å². The summed E-state index contributed by atoms with van der Waals surface area (Å²) in [7, 11) is 0. The second kappa shape index (κ2) is 66.8. The Labute approximate surface area is 493 Å². The van der Waals surface area contributed by atoms with Crippen molar-refractivity contribution in [3.8, 4) is 0 Å². The third-order valence-electron chi connectivity index (χ3n) is 13.6. The molecule has 0 heterocycles. The van der Waals surface area contributed by atoms with Crippen molar-refractivity contribution in [3.05, 3.63) is 146 Å². The molecule has 6 heteroatoms. The van der Waals surface area contributed by atoms with Crippen LogP contribution in [0.15, 0.2) is 146 Å². The lowest BCUT2D eigenvalue weighted by molar-refractivity contribution is -0.167. The number of rotatable bonds is 58. The quantitative estimate of drug-likeness (QED) is 0.0261. The summed E-state index contributed by atoms with van der Waals surface area (Å²) < 4.78 is 16.9. The molecule has 0 aliphatic heterocycles. The first-order valence-electron chi connectivity index (χ1n) is 32.8. The molecule has 0 aromatic heterocycles. The van der Waals surface area contributed by atoms with Gasteiger partial charge in [-0.2, -0.15) is 0 Å². The molecule has 6 nitrogen and oxygen atoms in total. The van der Waals surface area contributed by atoms with Gasteiger partial charge in [0.15, 0.2) is 6.10 Å². The molecule has 0 radical (unpaired) electrons. The van der Waals surface area contributed by atoms with Crippen LogP contribution in [-0.4, -0.2) is 37.2 Å². The van der Waals surface area contributed by atoms with Gasteiger partial charge in [-0.25, -0.2) is 0 Å². The first-order valence-corrected chi connectivity index (χ1v) is 32.8. The number of allylic oxidation sites excluding steroid dienone is 24. The third-order valence-corrected chi connectivity index (χ3v) is 13.6. The molecule has 0 aromatic rings. The highest BCUT2D eigenvalue weighted by molar-refractivity contribution is 5.71. The van der Waals surface area contributed by atoms with Gasteiger partial charge in [-0.3, -0.25) is 14.4 Å². The van der Waals surface area contributed by atoms with Gasteiger partial charge in [0.25, 0.3) is 0 Å². The molecule has 0 aliphatic rings. The van der Waals surface area contributed by atoms with Crippen LogP contribution in [-0.2, 0) is 28.6 Å². The first kappa shape index (κ1) is 75.3. The van der Waals surface area contributed by atoms with E-state index in [1.807, 2.05) is 0 Å². The van der Waals surface area contributed by atoms with E-state index < -0.39 is 6.10 Å². The normalized spacial score (nSPS) is 13.1. The number of carbonyl (C=O) groups excluding carboxylic acids is 3. The minimum atomic E-state index is -0.804. The molecular formula is C74H120O6. The fourth-order valence-corrected chi connectivity index (χ4v) is 8.70. The van der Waals surface area contributed by atoms with E-state index in [2.05, 4.69) is 167 Å². The van der Waals surface area contributed by atoms with E-state index in [-0.39, 0.29) is 31.1 Å². The topological polar surface area (TPSA) is 78.9 Å². The fraction of sp³-hybridized carbons (Fsp3) is 0.635. The van der Waals surface area contributed by atoms with Crippen LogP contribution in [0.4, 0.5) is 0 Å². The van der Waals surface area contributed by atoms with Gasteiger partial charge in [0.1, 0.15) is 13.2 Å². The Morgan fingerprint density at radius 3 is 0.787 bits per heavy atom. The number of ether oxygens (including phenoxy) is 3. The van der Waals surface area contributed by atoms with Crippen molar-refractivity contribution in [2.24, 2.45) is 0 Å². The highest BCUT2D eigenvalue weighted by Crippen LogP contribution is 2.15. The summed E-state index contributed by atoms with van der Waals surface area (Å²) in [5, 5.41) is 0. The van der Waals surface area contributed by atoms with Gasteiger partial charge in [-0.05, 0) is 141 Å². The molecule has 0 aromatic carbocycles. The van der Waals surface area contributed by atoms with Crippen molar-refractivity contribution in [2.45, 2.75) is 290 Å². The predicted octanol–water partition coefficient (Wildman–Crippen LogP) is 22.7. The van der Waals surface area contributed by atoms with Gasteiger partial charge in [0, 0.05) is 19.3 Å². The molecule has 0 saturated carbocycles. The van der Waals surface area contributed by atoms with Crippen LogP contribution in [0.25, 0.3) is 0 Å². The maximum Gasteiger partial charge on any atom is 0.306 e. The van der Waals surface area contributed by atoms with Gasteiger partial charge in [-0.1, -0.05) is 269 Å². The van der Waals surface area contributed by atoms with Crippen LogP contribution < -0.4 is 0 Å². The second-order valence-corrected chi connectivity index (χ2v) is 21.3. The predicted molar refractivity (Wildman–Crippen MR) is 348 cm³/mol. The molecule has 0 spiro atoms. The highest BCUT2D eigenvalue weighted by Gasteiger charge is 2.19. The monoisotopic (exact) mass is 1100 g/mol. The van der Waals surface area contributed by atoms with Gasteiger partial charge in [0.05, 0.1) is 0 Å². The summed E-state index contributed by atoms with van der Waals surface area (Å²) in [5.41, 5.74) is 0. The first-order chi connectivity index (χ1) is 39.5. The van der Waals surface area contributed by atoms with E-state index >= 15 is 0 Å². The molecule has 0 N–H and O–H groups in total. The van der Waals surface area contributed by atoms with Crippen molar-refractivity contribution in [1.29, 1.82) is 0 Å². The highest BCUT2D eigenvalue weighted by atomic mass is 16.6. The Balaban J connectivity index is 4.31. The molecule has 0 amide bonds. The number of carbonyl (C=O) groups is 3. The van der Waals surface area contributed by atoms with Crippen molar-refractivity contribution in [3.63, 3.8) is 0 Å². The third kappa shape index (κ3) is 64.1. The van der Waals surface area contributed by atoms with E-state index in [9.17, 15) is 14.4 Å². The van der Waals surface area contributed by atoms with Crippen LogP contribution in [0, 0.1) is 0 Å². The van der Waals surface area contributed by atoms with Gasteiger partial charge in [0.2, 0.25) is 0 Å². The smallest absolute Gasteiger partial charge is 0.306 e. The van der Waals surface area contributed by atoms with Gasteiger partial charge in [-0.15, -0.1) is 0 Å². The SMILES string of the molecule is CC/C=C\C/C=C\C/C=C\C/C=C\C/C=C\C/C=C\C/C=C\C/C=C\CCCCCCCCCCC(=O)OCC(COC(=O)CCCCC/C=C\C/C=C\C/C=C\CC)OC(=O)CCCCCCC/C=C\CCCCCCCCC. The molecule has 0 fully saturated rings. The zero-order valence-corrected chi connectivity index (χ0v) is 51.8. The lowest BCUT2D eigenvalue weighted by Gasteiger charge is -2.18. The lowest BCUT2D eigenvalue weighted by atomic mass is 10.1. The molecular weight excluding hydrogens is 985 g/mol. The summed E-state index contributed by atoms with van der Waals surface area (Å²) >= 11 is 0. The molecule has 1 unspecified atom stereocenters. The summed E-state index contributed by atoms with van der Waals surface area (Å²) in [6.45, 7) is 6.37. The lowest BCUT2D eigenvalue weighted by Crippen LogP contribution is -2.30. The molecule has 0 rings (SSSR count). The standard InChI is InChI=1S/C74H120O6/c1-4-7-10-13-16-19-22-25-27-29-30-31-32-33-34-35-36-37-38-39-40-41-42-43-44-45-47-49-52-55-58-61-64-67-73(76)79-70-71(69-78-72(75)66-63-60-57-54-51-48-24-21-18-15-12-9-6-3)80-74(77)68-65-62-59-56-53-50-46-28-26-23-20-17-14-11-8-5-2/h7,9-10,12,16,18-19,21,25,27-28,30-31,33-34,36-37,39-40,42-43,46,48,51,71H,4-6,8,11,13-15,17,20,22-24,26,29,32,35,38,41,44-45,47,49-50,52-70H2,1-3H3/b10-7-,12-9-,19-16-,21-18-,27-25-,31-30-,34-33-,37-36-,40-39-,43-42-,46-28-,51-48-. The Morgan fingerprint density at radius 2 is 0.487 bits per heavy atom. The minimum Gasteiger partial charge on any atom is -0.462 e. The molecule has 80 heavy (non-hydrogen) atoms. The number of hydrogen-bond acceptors (Lipinski definition) is 6. The van der Waals surface area contributed by atoms with E-state index in [1.165, 1.54) is 89.9 Å². The van der Waals surface area contributed by atoms with E-state index in [1.54, 1.807) is 0 Å². The number of hydrogen-bond donors (Lipinski definition) is 0. The Hall–Kier alpha value is -4.71. The van der Waals surface area contributed by atoms with Crippen LogP contribution in [0.1, 0.15) is 284 Å². The molecule has 0 bridgehead atoms. The van der Waals surface area contributed by atoms with Crippen molar-refractivity contribution >= 4 is 17.9 Å². The maximum atomic E-state index is 12.9. The number of unbranched alkanes of at least 4 members (excludes halogenated alkanes) is 23. The molecule has 0 saturated heterocycles. The maximum absolute atomic E-state index is 12.9. The number of esters is 3. The molecule has 452 valence electrons. The van der Waals surface area contributed by atoms with Crippen LogP contribution in [0.5, 0.6) is 0 Å². The second-order valence-electron chi connectivity index (χ2n) is 21.3. The fourth-order valence-electron chi connectivity index (χ4n) is 8.70. The Bertz CT molecular complexity index is 1750. The van der Waals surface area contributed by atoms with E-state index in [4.69, 9.17) is 14.2 Å². The van der Waals surface area contributed by atoms with Gasteiger partial charge >= 0.3 is 17.9 Å². The Kier molecular flexibility index (Phi) is 62.9. The zero-order chi connectivity index (χ0) is 57.8.